The van der Waals surface area contributed by atoms with Crippen molar-refractivity contribution >= 4 is 17.4 Å². The lowest BCUT2D eigenvalue weighted by molar-refractivity contribution is -0.179. The molecule has 4 saturated carbocycles. The maximum Gasteiger partial charge on any atom is 0.229 e. The number of carbonyl (C=O) groups is 2. The number of hydrogen-bond acceptors (Lipinski definition) is 4. The molecule has 0 radical (unpaired) electrons. The summed E-state index contributed by atoms with van der Waals surface area (Å²) < 4.78 is 0. The molecular weight excluding hydrogens is 436 g/mol. The molecule has 5 nitrogen and oxygen atoms in total. The lowest BCUT2D eigenvalue weighted by Gasteiger charge is -2.70. The van der Waals surface area contributed by atoms with Crippen LogP contribution in [0.5, 0.6) is 0 Å². The minimum Gasteiger partial charge on any atom is -0.411 e. The molecule has 0 aromatic carbocycles. The molecule has 3 unspecified atom stereocenters. The van der Waals surface area contributed by atoms with Crippen LogP contribution in [0.2, 0.25) is 0 Å². The highest BCUT2D eigenvalue weighted by Crippen LogP contribution is 2.74. The van der Waals surface area contributed by atoms with Gasteiger partial charge < -0.3 is 10.9 Å². The lowest BCUT2D eigenvalue weighted by atomic mass is 9.33. The third-order valence-electron chi connectivity index (χ3n) is 13.2. The number of primary amides is 1. The first-order valence-corrected chi connectivity index (χ1v) is 14.0. The van der Waals surface area contributed by atoms with E-state index < -0.39 is 11.3 Å². The lowest BCUT2D eigenvalue weighted by Crippen LogP contribution is -2.68. The number of hydrogen-bond donors (Lipinski definition) is 2. The average Bonchev–Trinajstić information content (AvgIpc) is 2.78. The SMILES string of the molecule is C[C@@H]1CC[C@]2(C)CC[C@]3(C)C(=CC(=O)C4[C@@]5(C)CC/C(=N\O)[C@](C)(C(N)=O)C5CC[C@]43C)C2[C@H]1C. The van der Waals surface area contributed by atoms with Gasteiger partial charge in [0, 0.05) is 5.92 Å². The summed E-state index contributed by atoms with van der Waals surface area (Å²) in [5.41, 5.74) is 6.62. The number of rotatable bonds is 1. The van der Waals surface area contributed by atoms with Gasteiger partial charge in [-0.25, -0.2) is 0 Å². The standard InChI is InChI=1S/C30H46N2O3/c1-17-8-11-26(3)14-15-28(5)19(23(26)18(17)2)16-20(33)24-27(4)12-10-22(32-35)30(7,25(31)34)21(27)9-13-29(24,28)6/h16-18,21,23-24,35H,8-15H2,1-7H3,(H2,31,34)/b32-22+/t17-,18+,21?,23?,24?,26-,27+,28-,29-,30-/m1/s1. The third-order valence-corrected chi connectivity index (χ3v) is 13.2. The predicted octanol–water partition coefficient (Wildman–Crippen LogP) is 6.14. The molecule has 0 aromatic heterocycles. The highest BCUT2D eigenvalue weighted by atomic mass is 16.4. The first-order valence-electron chi connectivity index (χ1n) is 14.0. The van der Waals surface area contributed by atoms with E-state index in [1.54, 1.807) is 0 Å². The van der Waals surface area contributed by atoms with Crippen molar-refractivity contribution in [1.82, 2.24) is 0 Å². The van der Waals surface area contributed by atoms with E-state index in [0.717, 1.165) is 25.7 Å². The molecule has 1 amide bonds. The van der Waals surface area contributed by atoms with Crippen LogP contribution in [0.3, 0.4) is 0 Å². The number of allylic oxidation sites excluding steroid dienone is 2. The summed E-state index contributed by atoms with van der Waals surface area (Å²) in [4.78, 5) is 27.2. The number of nitrogens with zero attached hydrogens (tertiary/aromatic N) is 1. The van der Waals surface area contributed by atoms with Crippen molar-refractivity contribution in [1.29, 1.82) is 0 Å². The van der Waals surface area contributed by atoms with E-state index in [9.17, 15) is 14.8 Å². The molecule has 3 N–H and O–H groups in total. The number of oxime groups is 1. The van der Waals surface area contributed by atoms with Crippen LogP contribution in [-0.4, -0.2) is 22.6 Å². The Hall–Kier alpha value is -1.65. The molecular formula is C30H46N2O3. The monoisotopic (exact) mass is 482 g/mol. The van der Waals surface area contributed by atoms with Crippen molar-refractivity contribution in [3.05, 3.63) is 11.6 Å². The molecule has 10 atom stereocenters. The molecule has 0 aromatic rings. The summed E-state index contributed by atoms with van der Waals surface area (Å²) in [6.07, 6.45) is 9.96. The Morgan fingerprint density at radius 2 is 1.71 bits per heavy atom. The number of carbonyl (C=O) groups excluding carboxylic acids is 2. The van der Waals surface area contributed by atoms with E-state index in [4.69, 9.17) is 5.73 Å². The number of ketones is 1. The van der Waals surface area contributed by atoms with E-state index in [-0.39, 0.29) is 39.3 Å². The van der Waals surface area contributed by atoms with Gasteiger partial charge in [-0.1, -0.05) is 52.3 Å². The van der Waals surface area contributed by atoms with Crippen LogP contribution < -0.4 is 5.73 Å². The second-order valence-corrected chi connectivity index (χ2v) is 14.4. The van der Waals surface area contributed by atoms with E-state index >= 15 is 0 Å². The summed E-state index contributed by atoms with van der Waals surface area (Å²) in [7, 11) is 0. The van der Waals surface area contributed by atoms with Gasteiger partial charge in [-0.2, -0.15) is 0 Å². The second kappa shape index (κ2) is 7.44. The Kier molecular flexibility index (Phi) is 5.32. The summed E-state index contributed by atoms with van der Waals surface area (Å²) >= 11 is 0. The third kappa shape index (κ3) is 2.84. The smallest absolute Gasteiger partial charge is 0.229 e. The van der Waals surface area contributed by atoms with Gasteiger partial charge in [0.25, 0.3) is 0 Å². The molecule has 35 heavy (non-hydrogen) atoms. The second-order valence-electron chi connectivity index (χ2n) is 14.4. The minimum atomic E-state index is -1.02. The van der Waals surface area contributed by atoms with Crippen LogP contribution in [0, 0.1) is 56.7 Å². The molecule has 194 valence electrons. The van der Waals surface area contributed by atoms with Crippen LogP contribution in [0.15, 0.2) is 16.8 Å². The fourth-order valence-corrected chi connectivity index (χ4v) is 10.7. The van der Waals surface area contributed by atoms with Crippen LogP contribution in [0.4, 0.5) is 0 Å². The number of amides is 1. The van der Waals surface area contributed by atoms with E-state index in [0.29, 0.717) is 29.9 Å². The molecule has 5 aliphatic rings. The van der Waals surface area contributed by atoms with Crippen molar-refractivity contribution < 1.29 is 14.8 Å². The Bertz CT molecular complexity index is 1030. The van der Waals surface area contributed by atoms with Crippen molar-refractivity contribution in [3.8, 4) is 0 Å². The van der Waals surface area contributed by atoms with Crippen molar-refractivity contribution in [2.45, 2.75) is 99.8 Å². The van der Waals surface area contributed by atoms with Gasteiger partial charge in [0.2, 0.25) is 5.91 Å². The highest BCUT2D eigenvalue weighted by Gasteiger charge is 2.71. The van der Waals surface area contributed by atoms with Crippen molar-refractivity contribution in [3.63, 3.8) is 0 Å². The Morgan fingerprint density at radius 1 is 1.03 bits per heavy atom. The molecule has 0 aliphatic heterocycles. The van der Waals surface area contributed by atoms with Crippen LogP contribution in [0.1, 0.15) is 99.8 Å². The molecule has 0 bridgehead atoms. The normalized spacial score (nSPS) is 54.7. The number of fused-ring (bicyclic) bond motifs is 7. The van der Waals surface area contributed by atoms with Crippen molar-refractivity contribution in [2.75, 3.05) is 0 Å². The first-order chi connectivity index (χ1) is 16.2. The van der Waals surface area contributed by atoms with E-state index in [2.05, 4.69) is 52.8 Å². The molecule has 0 spiro atoms. The van der Waals surface area contributed by atoms with Crippen LogP contribution >= 0.6 is 0 Å². The van der Waals surface area contributed by atoms with Gasteiger partial charge in [-0.3, -0.25) is 9.59 Å². The van der Waals surface area contributed by atoms with Gasteiger partial charge in [-0.05, 0) is 110 Å². The van der Waals surface area contributed by atoms with Gasteiger partial charge in [-0.15, -0.1) is 0 Å². The van der Waals surface area contributed by atoms with Gasteiger partial charge in [0.1, 0.15) is 0 Å². The quantitative estimate of drug-likeness (QED) is 0.347. The zero-order valence-corrected chi connectivity index (χ0v) is 22.9. The average molecular weight is 483 g/mol. The van der Waals surface area contributed by atoms with Crippen LogP contribution in [-0.2, 0) is 9.59 Å². The molecule has 0 heterocycles. The summed E-state index contributed by atoms with van der Waals surface area (Å²) in [5.74, 6) is 1.30. The van der Waals surface area contributed by atoms with Gasteiger partial charge in [0.15, 0.2) is 5.78 Å². The molecule has 5 heteroatoms. The van der Waals surface area contributed by atoms with E-state index in [1.165, 1.54) is 24.8 Å². The fourth-order valence-electron chi connectivity index (χ4n) is 10.7. The van der Waals surface area contributed by atoms with Crippen molar-refractivity contribution in [2.24, 2.45) is 67.6 Å². The minimum absolute atomic E-state index is 0.0243. The van der Waals surface area contributed by atoms with Gasteiger partial charge >= 0.3 is 0 Å². The largest absolute Gasteiger partial charge is 0.411 e. The van der Waals surface area contributed by atoms with Gasteiger partial charge in [0.05, 0.1) is 11.1 Å². The summed E-state index contributed by atoms with van der Waals surface area (Å²) in [6, 6.07) is 0. The highest BCUT2D eigenvalue weighted by molar-refractivity contribution is 6.09. The maximum atomic E-state index is 14.3. The predicted molar refractivity (Wildman–Crippen MR) is 138 cm³/mol. The zero-order valence-electron chi connectivity index (χ0n) is 22.9. The topological polar surface area (TPSA) is 92.8 Å². The summed E-state index contributed by atoms with van der Waals surface area (Å²) in [6.45, 7) is 16.2. The van der Waals surface area contributed by atoms with E-state index in [1.807, 2.05) is 6.92 Å². The molecule has 4 fully saturated rings. The number of nitrogens with two attached hydrogens (primary N) is 1. The molecule has 0 saturated heterocycles. The zero-order chi connectivity index (χ0) is 25.8. The Morgan fingerprint density at radius 3 is 2.34 bits per heavy atom. The first kappa shape index (κ1) is 25.0. The van der Waals surface area contributed by atoms with Crippen LogP contribution in [0.25, 0.3) is 0 Å². The summed E-state index contributed by atoms with van der Waals surface area (Å²) in [5, 5.41) is 13.3. The maximum absolute atomic E-state index is 14.3. The Labute approximate surface area is 211 Å². The Balaban J connectivity index is 1.66. The fraction of sp³-hybridized carbons (Fsp3) is 0.833. The molecule has 5 rings (SSSR count). The molecule has 5 aliphatic carbocycles.